The molecule has 1 heterocycles. The molecule has 116 valence electrons. The minimum absolute atomic E-state index is 0.162. The molecule has 0 unspecified atom stereocenters. The molecule has 2 atom stereocenters. The van der Waals surface area contributed by atoms with Gasteiger partial charge in [0.1, 0.15) is 5.75 Å². The molecule has 0 aliphatic rings. The standard InChI is InChI=1S/C16H17NO4S/c1-11(21-12-6-3-2-4-7-12)16(20)17-13(10-15(18)19)14-8-5-9-22-14/h2-9,11,13H,10H2,1H3,(H,17,20)(H,18,19)/t11-,13+/m1/s1. The monoisotopic (exact) mass is 319 g/mol. The molecule has 2 N–H and O–H groups in total. The van der Waals surface area contributed by atoms with Crippen molar-refractivity contribution in [2.75, 3.05) is 0 Å². The van der Waals surface area contributed by atoms with E-state index in [0.717, 1.165) is 4.88 Å². The van der Waals surface area contributed by atoms with E-state index in [1.165, 1.54) is 11.3 Å². The number of carboxylic acid groups (broad SMARTS) is 1. The number of aliphatic carboxylic acids is 1. The number of ether oxygens (including phenoxy) is 1. The lowest BCUT2D eigenvalue weighted by atomic mass is 10.1. The second kappa shape index (κ2) is 7.61. The number of rotatable bonds is 7. The smallest absolute Gasteiger partial charge is 0.305 e. The van der Waals surface area contributed by atoms with Crippen LogP contribution in [-0.4, -0.2) is 23.1 Å². The first-order valence-electron chi connectivity index (χ1n) is 6.83. The average molecular weight is 319 g/mol. The molecule has 0 radical (unpaired) electrons. The summed E-state index contributed by atoms with van der Waals surface area (Å²) in [6, 6.07) is 12.1. The van der Waals surface area contributed by atoms with Crippen LogP contribution in [0, 0.1) is 0 Å². The first-order valence-corrected chi connectivity index (χ1v) is 7.71. The summed E-state index contributed by atoms with van der Waals surface area (Å²) >= 11 is 1.41. The van der Waals surface area contributed by atoms with Gasteiger partial charge in [0, 0.05) is 4.88 Å². The van der Waals surface area contributed by atoms with Gasteiger partial charge in [-0.3, -0.25) is 9.59 Å². The van der Waals surface area contributed by atoms with Crippen LogP contribution in [0.1, 0.15) is 24.3 Å². The van der Waals surface area contributed by atoms with E-state index < -0.39 is 18.1 Å². The van der Waals surface area contributed by atoms with Gasteiger partial charge in [-0.15, -0.1) is 11.3 Å². The Morgan fingerprint density at radius 3 is 2.55 bits per heavy atom. The topological polar surface area (TPSA) is 75.6 Å². The Morgan fingerprint density at radius 2 is 1.95 bits per heavy atom. The van der Waals surface area contributed by atoms with E-state index in [-0.39, 0.29) is 12.3 Å². The average Bonchev–Trinajstić information content (AvgIpc) is 3.01. The Kier molecular flexibility index (Phi) is 5.55. The summed E-state index contributed by atoms with van der Waals surface area (Å²) in [7, 11) is 0. The van der Waals surface area contributed by atoms with E-state index in [1.54, 1.807) is 25.1 Å². The number of para-hydroxylation sites is 1. The maximum Gasteiger partial charge on any atom is 0.305 e. The summed E-state index contributed by atoms with van der Waals surface area (Å²) in [5, 5.41) is 13.6. The van der Waals surface area contributed by atoms with Crippen molar-refractivity contribution in [1.29, 1.82) is 0 Å². The van der Waals surface area contributed by atoms with E-state index in [2.05, 4.69) is 5.32 Å². The molecule has 1 aromatic heterocycles. The van der Waals surface area contributed by atoms with Gasteiger partial charge >= 0.3 is 5.97 Å². The number of hydrogen-bond donors (Lipinski definition) is 2. The summed E-state index contributed by atoms with van der Waals surface area (Å²) in [6.07, 6.45) is -0.872. The maximum atomic E-state index is 12.2. The molecule has 0 aliphatic carbocycles. The highest BCUT2D eigenvalue weighted by atomic mass is 32.1. The van der Waals surface area contributed by atoms with Crippen LogP contribution in [0.3, 0.4) is 0 Å². The summed E-state index contributed by atoms with van der Waals surface area (Å²) in [4.78, 5) is 24.0. The van der Waals surface area contributed by atoms with Crippen molar-refractivity contribution in [3.8, 4) is 5.75 Å². The van der Waals surface area contributed by atoms with Gasteiger partial charge in [0.25, 0.3) is 5.91 Å². The van der Waals surface area contributed by atoms with Gasteiger partial charge in [-0.05, 0) is 30.5 Å². The highest BCUT2D eigenvalue weighted by Gasteiger charge is 2.23. The van der Waals surface area contributed by atoms with Gasteiger partial charge in [-0.1, -0.05) is 24.3 Å². The summed E-state index contributed by atoms with van der Waals surface area (Å²) in [6.45, 7) is 1.63. The van der Waals surface area contributed by atoms with Gasteiger partial charge in [0.05, 0.1) is 12.5 Å². The number of nitrogens with one attached hydrogen (secondary N) is 1. The number of amides is 1. The Bertz CT molecular complexity index is 612. The molecule has 0 aliphatic heterocycles. The Morgan fingerprint density at radius 1 is 1.23 bits per heavy atom. The van der Waals surface area contributed by atoms with Crippen LogP contribution < -0.4 is 10.1 Å². The summed E-state index contributed by atoms with van der Waals surface area (Å²) in [5.74, 6) is -0.713. The minimum atomic E-state index is -0.963. The summed E-state index contributed by atoms with van der Waals surface area (Å²) in [5.41, 5.74) is 0. The predicted molar refractivity (Wildman–Crippen MR) is 84.0 cm³/mol. The first kappa shape index (κ1) is 16.0. The van der Waals surface area contributed by atoms with Crippen molar-refractivity contribution < 1.29 is 19.4 Å². The fourth-order valence-corrected chi connectivity index (χ4v) is 2.71. The third-order valence-corrected chi connectivity index (χ3v) is 3.99. The number of carbonyl (C=O) groups is 2. The van der Waals surface area contributed by atoms with Gasteiger partial charge < -0.3 is 15.2 Å². The van der Waals surface area contributed by atoms with Crippen LogP contribution >= 0.6 is 11.3 Å². The molecule has 22 heavy (non-hydrogen) atoms. The lowest BCUT2D eigenvalue weighted by Crippen LogP contribution is -2.39. The normalized spacial score (nSPS) is 13.1. The zero-order chi connectivity index (χ0) is 15.9. The third-order valence-electron chi connectivity index (χ3n) is 3.01. The van der Waals surface area contributed by atoms with Crippen molar-refractivity contribution in [1.82, 2.24) is 5.32 Å². The molecule has 2 rings (SSSR count). The lowest BCUT2D eigenvalue weighted by molar-refractivity contribution is -0.138. The third kappa shape index (κ3) is 4.60. The minimum Gasteiger partial charge on any atom is -0.481 e. The molecule has 1 aromatic carbocycles. The molecule has 6 heteroatoms. The van der Waals surface area contributed by atoms with Crippen LogP contribution in [0.5, 0.6) is 5.75 Å². The Hall–Kier alpha value is -2.34. The molecule has 0 spiro atoms. The van der Waals surface area contributed by atoms with Crippen molar-refractivity contribution in [3.63, 3.8) is 0 Å². The van der Waals surface area contributed by atoms with Crippen LogP contribution in [0.15, 0.2) is 47.8 Å². The fraction of sp³-hybridized carbons (Fsp3) is 0.250. The van der Waals surface area contributed by atoms with Gasteiger partial charge in [-0.2, -0.15) is 0 Å². The second-order valence-electron chi connectivity index (χ2n) is 4.75. The van der Waals surface area contributed by atoms with E-state index in [1.807, 2.05) is 29.6 Å². The van der Waals surface area contributed by atoms with Gasteiger partial charge in [-0.25, -0.2) is 0 Å². The highest BCUT2D eigenvalue weighted by Crippen LogP contribution is 2.22. The molecule has 0 bridgehead atoms. The fourth-order valence-electron chi connectivity index (χ4n) is 1.93. The number of hydrogen-bond acceptors (Lipinski definition) is 4. The zero-order valence-corrected chi connectivity index (χ0v) is 12.9. The molecular formula is C16H17NO4S. The van der Waals surface area contributed by atoms with Crippen LogP contribution in [0.2, 0.25) is 0 Å². The van der Waals surface area contributed by atoms with Crippen LogP contribution in [0.4, 0.5) is 0 Å². The van der Waals surface area contributed by atoms with E-state index in [9.17, 15) is 9.59 Å². The number of benzene rings is 1. The number of carboxylic acids is 1. The van der Waals surface area contributed by atoms with Gasteiger partial charge in [0.2, 0.25) is 0 Å². The molecular weight excluding hydrogens is 302 g/mol. The van der Waals surface area contributed by atoms with Crippen LogP contribution in [-0.2, 0) is 9.59 Å². The molecule has 1 amide bonds. The van der Waals surface area contributed by atoms with Crippen molar-refractivity contribution in [2.24, 2.45) is 0 Å². The predicted octanol–water partition coefficient (Wildman–Crippen LogP) is 2.85. The lowest BCUT2D eigenvalue weighted by Gasteiger charge is -2.19. The quantitative estimate of drug-likeness (QED) is 0.823. The van der Waals surface area contributed by atoms with Crippen LogP contribution in [0.25, 0.3) is 0 Å². The van der Waals surface area contributed by atoms with E-state index in [4.69, 9.17) is 9.84 Å². The maximum absolute atomic E-state index is 12.2. The molecule has 0 fully saturated rings. The van der Waals surface area contributed by atoms with E-state index >= 15 is 0 Å². The number of thiophene rings is 1. The SMILES string of the molecule is C[C@@H](Oc1ccccc1)C(=O)N[C@@H](CC(=O)O)c1cccs1. The molecule has 0 saturated carbocycles. The van der Waals surface area contributed by atoms with Crippen molar-refractivity contribution >= 4 is 23.2 Å². The second-order valence-corrected chi connectivity index (χ2v) is 5.73. The molecule has 0 saturated heterocycles. The highest BCUT2D eigenvalue weighted by molar-refractivity contribution is 7.10. The largest absolute Gasteiger partial charge is 0.481 e. The zero-order valence-electron chi connectivity index (χ0n) is 12.1. The Balaban J connectivity index is 1.99. The first-order chi connectivity index (χ1) is 10.6. The Labute approximate surface area is 132 Å². The van der Waals surface area contributed by atoms with Crippen molar-refractivity contribution in [2.45, 2.75) is 25.5 Å². The summed E-state index contributed by atoms with van der Waals surface area (Å²) < 4.78 is 5.54. The van der Waals surface area contributed by atoms with Crippen molar-refractivity contribution in [3.05, 3.63) is 52.7 Å². The number of carbonyl (C=O) groups excluding carboxylic acids is 1. The molecule has 2 aromatic rings. The molecule has 5 nitrogen and oxygen atoms in total. The van der Waals surface area contributed by atoms with Gasteiger partial charge in [0.15, 0.2) is 6.10 Å². The van der Waals surface area contributed by atoms with E-state index in [0.29, 0.717) is 5.75 Å².